The zero-order valence-electron chi connectivity index (χ0n) is 12.4. The van der Waals surface area contributed by atoms with Gasteiger partial charge in [-0.15, -0.1) is 0 Å². The number of rotatable bonds is 4. The summed E-state index contributed by atoms with van der Waals surface area (Å²) in [4.78, 5) is 11.6. The minimum absolute atomic E-state index is 0.300. The Labute approximate surface area is 123 Å². The van der Waals surface area contributed by atoms with Crippen LogP contribution in [0.3, 0.4) is 0 Å². The first kappa shape index (κ1) is 13.7. The van der Waals surface area contributed by atoms with Crippen molar-refractivity contribution in [2.24, 2.45) is 7.05 Å². The van der Waals surface area contributed by atoms with Crippen molar-refractivity contribution in [1.29, 1.82) is 0 Å². The summed E-state index contributed by atoms with van der Waals surface area (Å²) in [6, 6.07) is 7.96. The van der Waals surface area contributed by atoms with Crippen LogP contribution < -0.4 is 4.74 Å². The summed E-state index contributed by atoms with van der Waals surface area (Å²) in [5.41, 5.74) is 3.40. The van der Waals surface area contributed by atoms with Crippen molar-refractivity contribution in [3.8, 4) is 17.0 Å². The molecule has 1 aromatic carbocycles. The highest BCUT2D eigenvalue weighted by Crippen LogP contribution is 2.43. The normalized spacial score (nSPS) is 14.0. The zero-order valence-corrected chi connectivity index (χ0v) is 12.4. The van der Waals surface area contributed by atoms with Gasteiger partial charge in [0.25, 0.3) is 0 Å². The van der Waals surface area contributed by atoms with Crippen LogP contribution in [0.1, 0.15) is 34.8 Å². The molecule has 2 aromatic rings. The van der Waals surface area contributed by atoms with Crippen LogP contribution in [0.15, 0.2) is 24.3 Å². The number of hydrogen-bond acceptors (Lipinski definition) is 4. The number of carbonyl (C=O) groups excluding carboxylic acids is 1. The number of methoxy groups -OCH3 is 2. The lowest BCUT2D eigenvalue weighted by Gasteiger charge is -2.10. The Balaban J connectivity index is 2.08. The minimum atomic E-state index is -0.436. The van der Waals surface area contributed by atoms with Crippen LogP contribution in [0.2, 0.25) is 0 Å². The molecule has 1 aromatic heterocycles. The van der Waals surface area contributed by atoms with E-state index < -0.39 is 5.97 Å². The van der Waals surface area contributed by atoms with Crippen LogP contribution >= 0.6 is 0 Å². The average Bonchev–Trinajstić information content (AvgIpc) is 3.28. The Kier molecular flexibility index (Phi) is 3.41. The van der Waals surface area contributed by atoms with Gasteiger partial charge in [-0.1, -0.05) is 6.07 Å². The molecule has 0 bridgehead atoms. The molecule has 0 N–H and O–H groups in total. The molecule has 0 saturated heterocycles. The number of ether oxygens (including phenoxy) is 2. The quantitative estimate of drug-likeness (QED) is 0.811. The van der Waals surface area contributed by atoms with Crippen molar-refractivity contribution in [2.45, 2.75) is 18.8 Å². The van der Waals surface area contributed by atoms with Gasteiger partial charge in [0.1, 0.15) is 5.75 Å². The first-order valence-electron chi connectivity index (χ1n) is 6.94. The highest BCUT2D eigenvalue weighted by Gasteiger charge is 2.25. The molecule has 110 valence electrons. The van der Waals surface area contributed by atoms with Crippen molar-refractivity contribution in [1.82, 2.24) is 9.78 Å². The molecule has 0 aliphatic heterocycles. The molecule has 21 heavy (non-hydrogen) atoms. The highest BCUT2D eigenvalue weighted by molar-refractivity contribution is 5.89. The fourth-order valence-electron chi connectivity index (χ4n) is 2.52. The summed E-state index contributed by atoms with van der Waals surface area (Å²) < 4.78 is 11.9. The molecule has 0 unspecified atom stereocenters. The molecule has 1 heterocycles. The van der Waals surface area contributed by atoms with Gasteiger partial charge in [-0.05, 0) is 42.5 Å². The lowest BCUT2D eigenvalue weighted by atomic mass is 10.0. The second-order valence-corrected chi connectivity index (χ2v) is 5.26. The van der Waals surface area contributed by atoms with E-state index in [2.05, 4.69) is 17.2 Å². The van der Waals surface area contributed by atoms with Gasteiger partial charge in [0.2, 0.25) is 0 Å². The third-order valence-electron chi connectivity index (χ3n) is 3.82. The second kappa shape index (κ2) is 5.24. The molecule has 0 atom stereocenters. The molecule has 1 aliphatic rings. The maximum Gasteiger partial charge on any atom is 0.358 e. The van der Waals surface area contributed by atoms with E-state index in [1.165, 1.54) is 25.5 Å². The van der Waals surface area contributed by atoms with Crippen LogP contribution in [-0.4, -0.2) is 30.0 Å². The number of esters is 1. The minimum Gasteiger partial charge on any atom is -0.496 e. The van der Waals surface area contributed by atoms with E-state index in [-0.39, 0.29) is 0 Å². The van der Waals surface area contributed by atoms with Gasteiger partial charge >= 0.3 is 5.97 Å². The predicted octanol–water partition coefficient (Wildman–Crippen LogP) is 2.76. The molecule has 1 fully saturated rings. The van der Waals surface area contributed by atoms with Crippen LogP contribution in [0, 0.1) is 0 Å². The van der Waals surface area contributed by atoms with E-state index in [0.29, 0.717) is 11.6 Å². The number of benzene rings is 1. The fraction of sp³-hybridized carbons (Fsp3) is 0.375. The van der Waals surface area contributed by atoms with E-state index in [4.69, 9.17) is 9.47 Å². The zero-order chi connectivity index (χ0) is 15.0. The summed E-state index contributed by atoms with van der Waals surface area (Å²) in [6.45, 7) is 0. The molecule has 1 saturated carbocycles. The fourth-order valence-corrected chi connectivity index (χ4v) is 2.52. The highest BCUT2D eigenvalue weighted by atomic mass is 16.5. The molecule has 5 heteroatoms. The number of nitrogens with zero attached hydrogens (tertiary/aromatic N) is 2. The summed E-state index contributed by atoms with van der Waals surface area (Å²) in [6.07, 6.45) is 2.48. The van der Waals surface area contributed by atoms with E-state index in [9.17, 15) is 4.79 Å². The number of aromatic nitrogens is 2. The summed E-state index contributed by atoms with van der Waals surface area (Å²) in [7, 11) is 4.81. The molecule has 1 aliphatic carbocycles. The monoisotopic (exact) mass is 286 g/mol. The molecule has 0 amide bonds. The molecular formula is C16H18N2O3. The third-order valence-corrected chi connectivity index (χ3v) is 3.82. The van der Waals surface area contributed by atoms with Gasteiger partial charge in [-0.3, -0.25) is 4.68 Å². The Bertz CT molecular complexity index is 687. The van der Waals surface area contributed by atoms with Gasteiger partial charge in [0.15, 0.2) is 5.69 Å². The van der Waals surface area contributed by atoms with E-state index >= 15 is 0 Å². The Hall–Kier alpha value is -2.30. The Morgan fingerprint density at radius 3 is 2.67 bits per heavy atom. The van der Waals surface area contributed by atoms with Crippen molar-refractivity contribution in [3.05, 3.63) is 35.5 Å². The maximum absolute atomic E-state index is 11.6. The molecular weight excluding hydrogens is 268 g/mol. The standard InChI is InChI=1S/C16H18N2O3/c1-18-14(9-13(17-18)16(19)21-3)12-8-11(10-4-5-10)6-7-15(12)20-2/h6-10H,4-5H2,1-3H3. The average molecular weight is 286 g/mol. The summed E-state index contributed by atoms with van der Waals surface area (Å²) in [5.74, 6) is 0.996. The van der Waals surface area contributed by atoms with Crippen molar-refractivity contribution >= 4 is 5.97 Å². The SMILES string of the molecule is COC(=O)c1cc(-c2cc(C3CC3)ccc2OC)n(C)n1. The van der Waals surface area contributed by atoms with Gasteiger partial charge < -0.3 is 9.47 Å². The number of carbonyl (C=O) groups is 1. The lowest BCUT2D eigenvalue weighted by molar-refractivity contribution is 0.0593. The van der Waals surface area contributed by atoms with Crippen molar-refractivity contribution < 1.29 is 14.3 Å². The van der Waals surface area contributed by atoms with E-state index in [1.807, 2.05) is 13.1 Å². The topological polar surface area (TPSA) is 53.4 Å². The maximum atomic E-state index is 11.6. The number of aryl methyl sites for hydroxylation is 1. The summed E-state index contributed by atoms with van der Waals surface area (Å²) in [5, 5.41) is 4.21. The van der Waals surface area contributed by atoms with E-state index in [0.717, 1.165) is 17.0 Å². The van der Waals surface area contributed by atoms with Crippen molar-refractivity contribution in [3.63, 3.8) is 0 Å². The smallest absolute Gasteiger partial charge is 0.358 e. The van der Waals surface area contributed by atoms with Crippen molar-refractivity contribution in [2.75, 3.05) is 14.2 Å². The molecule has 5 nitrogen and oxygen atoms in total. The van der Waals surface area contributed by atoms with Gasteiger partial charge in [0.05, 0.1) is 19.9 Å². The van der Waals surface area contributed by atoms with Gasteiger partial charge in [0, 0.05) is 12.6 Å². The predicted molar refractivity (Wildman–Crippen MR) is 78.5 cm³/mol. The number of hydrogen-bond donors (Lipinski definition) is 0. The Morgan fingerprint density at radius 2 is 2.05 bits per heavy atom. The third kappa shape index (κ3) is 2.51. The molecule has 0 spiro atoms. The van der Waals surface area contributed by atoms with Crippen LogP contribution in [0.5, 0.6) is 5.75 Å². The van der Waals surface area contributed by atoms with Crippen LogP contribution in [0.4, 0.5) is 0 Å². The van der Waals surface area contributed by atoms with Crippen LogP contribution in [-0.2, 0) is 11.8 Å². The van der Waals surface area contributed by atoms with Gasteiger partial charge in [-0.2, -0.15) is 5.10 Å². The molecule has 3 rings (SSSR count). The van der Waals surface area contributed by atoms with E-state index in [1.54, 1.807) is 17.9 Å². The van der Waals surface area contributed by atoms with Crippen LogP contribution in [0.25, 0.3) is 11.3 Å². The molecule has 0 radical (unpaired) electrons. The Morgan fingerprint density at radius 1 is 1.29 bits per heavy atom. The largest absolute Gasteiger partial charge is 0.496 e. The van der Waals surface area contributed by atoms with Gasteiger partial charge in [-0.25, -0.2) is 4.79 Å². The summed E-state index contributed by atoms with van der Waals surface area (Å²) >= 11 is 0. The first-order chi connectivity index (χ1) is 10.1. The second-order valence-electron chi connectivity index (χ2n) is 5.26. The lowest BCUT2D eigenvalue weighted by Crippen LogP contribution is -2.03. The first-order valence-corrected chi connectivity index (χ1v) is 6.94.